The minimum atomic E-state index is 0.664. The van der Waals surface area contributed by atoms with Crippen molar-refractivity contribution in [1.29, 1.82) is 0 Å². The Hall–Kier alpha value is -1.72. The van der Waals surface area contributed by atoms with Crippen LogP contribution in [0.1, 0.15) is 193 Å². The van der Waals surface area contributed by atoms with Gasteiger partial charge in [-0.15, -0.1) is 0 Å². The van der Waals surface area contributed by atoms with Crippen LogP contribution in [0.15, 0.2) is 48.5 Å². The fraction of sp³-hybridized carbons (Fsp3) is 0.760. The fourth-order valence-electron chi connectivity index (χ4n) is 7.69. The fourth-order valence-corrected chi connectivity index (χ4v) is 7.69. The Morgan fingerprint density at radius 2 is 0.611 bits per heavy atom. The first-order valence-corrected chi connectivity index (χ1v) is 23.5. The Kier molecular flexibility index (Phi) is 32.0. The standard InChI is InChI=1S/C50H88N2O2/c1-5-9-13-17-19-27-39-51(37-25-15-11-7-3)41-29-31-43-53-45-47-33-21-23-35-49(47)50-36-24-22-34-48(50)46-54-44-32-30-42-52(38-26-16-12-8-4)40-28-20-18-14-10-6-2/h21-24,33-36H,5-20,25-32,37-46H2,1-4H3. The average molecular weight is 749 g/mol. The molecule has 0 spiro atoms. The van der Waals surface area contributed by atoms with Crippen molar-refractivity contribution in [3.63, 3.8) is 0 Å². The molecular formula is C50H88N2O2. The van der Waals surface area contributed by atoms with Gasteiger partial charge >= 0.3 is 0 Å². The molecular weight excluding hydrogens is 661 g/mol. The Balaban J connectivity index is 1.77. The van der Waals surface area contributed by atoms with Gasteiger partial charge in [-0.3, -0.25) is 0 Å². The Morgan fingerprint density at radius 3 is 0.963 bits per heavy atom. The van der Waals surface area contributed by atoms with E-state index in [0.29, 0.717) is 13.2 Å². The molecule has 0 atom stereocenters. The molecule has 0 amide bonds. The number of unbranched alkanes of at least 4 members (excludes halogenated alkanes) is 18. The zero-order chi connectivity index (χ0) is 38.6. The molecule has 2 rings (SSSR count). The first-order chi connectivity index (χ1) is 26.7. The summed E-state index contributed by atoms with van der Waals surface area (Å²) >= 11 is 0. The summed E-state index contributed by atoms with van der Waals surface area (Å²) in [7, 11) is 0. The summed E-state index contributed by atoms with van der Waals surface area (Å²) in [6, 6.07) is 17.6. The molecule has 0 fully saturated rings. The molecule has 0 radical (unpaired) electrons. The third kappa shape index (κ3) is 24.7. The highest BCUT2D eigenvalue weighted by atomic mass is 16.5. The van der Waals surface area contributed by atoms with Gasteiger partial charge in [-0.2, -0.15) is 0 Å². The van der Waals surface area contributed by atoms with Gasteiger partial charge in [-0.1, -0.05) is 179 Å². The van der Waals surface area contributed by atoms with Crippen LogP contribution in [-0.4, -0.2) is 62.3 Å². The van der Waals surface area contributed by atoms with Gasteiger partial charge in [0.05, 0.1) is 13.2 Å². The smallest absolute Gasteiger partial charge is 0.0722 e. The summed E-state index contributed by atoms with van der Waals surface area (Å²) in [6.45, 7) is 19.7. The molecule has 4 nitrogen and oxygen atoms in total. The van der Waals surface area contributed by atoms with Crippen molar-refractivity contribution in [2.45, 2.75) is 195 Å². The van der Waals surface area contributed by atoms with Gasteiger partial charge in [0.25, 0.3) is 0 Å². The second-order valence-corrected chi connectivity index (χ2v) is 16.2. The van der Waals surface area contributed by atoms with E-state index in [1.165, 1.54) is 203 Å². The summed E-state index contributed by atoms with van der Waals surface area (Å²) in [6.07, 6.45) is 32.1. The van der Waals surface area contributed by atoms with E-state index in [4.69, 9.17) is 9.47 Å². The van der Waals surface area contributed by atoms with Crippen LogP contribution < -0.4 is 0 Å². The van der Waals surface area contributed by atoms with Crippen molar-refractivity contribution in [2.75, 3.05) is 52.5 Å². The molecule has 0 aliphatic rings. The molecule has 2 aromatic carbocycles. The quantitative estimate of drug-likeness (QED) is 0.0636. The molecule has 0 aromatic heterocycles. The lowest BCUT2D eigenvalue weighted by molar-refractivity contribution is 0.113. The van der Waals surface area contributed by atoms with Crippen LogP contribution >= 0.6 is 0 Å². The van der Waals surface area contributed by atoms with Crippen molar-refractivity contribution in [1.82, 2.24) is 9.80 Å². The topological polar surface area (TPSA) is 24.9 Å². The van der Waals surface area contributed by atoms with E-state index >= 15 is 0 Å². The number of hydrogen-bond donors (Lipinski definition) is 0. The molecule has 0 saturated carbocycles. The zero-order valence-corrected chi connectivity index (χ0v) is 36.4. The van der Waals surface area contributed by atoms with Gasteiger partial charge in [-0.25, -0.2) is 0 Å². The molecule has 0 unspecified atom stereocenters. The molecule has 2 aromatic rings. The molecule has 0 bridgehead atoms. The lowest BCUT2D eigenvalue weighted by Crippen LogP contribution is -2.27. The number of hydrogen-bond acceptors (Lipinski definition) is 4. The van der Waals surface area contributed by atoms with E-state index in [0.717, 1.165) is 26.1 Å². The second kappa shape index (κ2) is 35.7. The maximum atomic E-state index is 6.33. The van der Waals surface area contributed by atoms with Crippen molar-refractivity contribution >= 4 is 0 Å². The van der Waals surface area contributed by atoms with Crippen LogP contribution in [-0.2, 0) is 22.7 Å². The van der Waals surface area contributed by atoms with Crippen LogP contribution in [0.3, 0.4) is 0 Å². The van der Waals surface area contributed by atoms with Crippen LogP contribution in [0.4, 0.5) is 0 Å². The van der Waals surface area contributed by atoms with E-state index in [1.807, 2.05) is 0 Å². The monoisotopic (exact) mass is 749 g/mol. The normalized spacial score (nSPS) is 11.7. The molecule has 310 valence electrons. The molecule has 0 aliphatic carbocycles. The van der Waals surface area contributed by atoms with Crippen LogP contribution in [0.25, 0.3) is 11.1 Å². The summed E-state index contributed by atoms with van der Waals surface area (Å²) in [5, 5.41) is 0. The predicted molar refractivity (Wildman–Crippen MR) is 238 cm³/mol. The number of nitrogens with zero attached hydrogens (tertiary/aromatic N) is 2. The van der Waals surface area contributed by atoms with E-state index < -0.39 is 0 Å². The molecule has 4 heteroatoms. The Bertz CT molecular complexity index is 1000. The number of ether oxygens (including phenoxy) is 2. The predicted octanol–water partition coefficient (Wildman–Crippen LogP) is 14.4. The van der Waals surface area contributed by atoms with Gasteiger partial charge in [0.2, 0.25) is 0 Å². The number of benzene rings is 2. The van der Waals surface area contributed by atoms with E-state index in [1.54, 1.807) is 0 Å². The van der Waals surface area contributed by atoms with Gasteiger partial charge < -0.3 is 19.3 Å². The summed E-state index contributed by atoms with van der Waals surface area (Å²) in [5.74, 6) is 0. The van der Waals surface area contributed by atoms with E-state index in [-0.39, 0.29) is 0 Å². The van der Waals surface area contributed by atoms with E-state index in [2.05, 4.69) is 86.0 Å². The molecule has 0 saturated heterocycles. The third-order valence-corrected chi connectivity index (χ3v) is 11.2. The van der Waals surface area contributed by atoms with Crippen LogP contribution in [0.2, 0.25) is 0 Å². The molecule has 0 heterocycles. The van der Waals surface area contributed by atoms with E-state index in [9.17, 15) is 0 Å². The van der Waals surface area contributed by atoms with Crippen molar-refractivity contribution in [2.24, 2.45) is 0 Å². The third-order valence-electron chi connectivity index (χ3n) is 11.2. The second-order valence-electron chi connectivity index (χ2n) is 16.2. The van der Waals surface area contributed by atoms with Crippen LogP contribution in [0.5, 0.6) is 0 Å². The van der Waals surface area contributed by atoms with Crippen molar-refractivity contribution in [3.8, 4) is 11.1 Å². The summed E-state index contributed by atoms with van der Waals surface area (Å²) < 4.78 is 12.7. The molecule has 0 aliphatic heterocycles. The highest BCUT2D eigenvalue weighted by Gasteiger charge is 2.11. The van der Waals surface area contributed by atoms with Crippen molar-refractivity contribution in [3.05, 3.63) is 59.7 Å². The summed E-state index contributed by atoms with van der Waals surface area (Å²) in [5.41, 5.74) is 5.11. The maximum Gasteiger partial charge on any atom is 0.0722 e. The Morgan fingerprint density at radius 1 is 0.333 bits per heavy atom. The van der Waals surface area contributed by atoms with Gasteiger partial charge in [0.15, 0.2) is 0 Å². The van der Waals surface area contributed by atoms with Gasteiger partial charge in [0, 0.05) is 13.2 Å². The van der Waals surface area contributed by atoms with Crippen molar-refractivity contribution < 1.29 is 9.47 Å². The molecule has 54 heavy (non-hydrogen) atoms. The zero-order valence-electron chi connectivity index (χ0n) is 36.4. The minimum absolute atomic E-state index is 0.664. The maximum absolute atomic E-state index is 6.33. The first kappa shape index (κ1) is 48.4. The lowest BCUT2D eigenvalue weighted by atomic mass is 9.96. The Labute approximate surface area is 336 Å². The highest BCUT2D eigenvalue weighted by molar-refractivity contribution is 5.70. The SMILES string of the molecule is CCCCCCCCN(CCCCCC)CCCCOCc1ccccc1-c1ccccc1COCCCCN(CCCCCC)CCCCCCCC. The minimum Gasteiger partial charge on any atom is -0.377 e. The number of rotatable bonds is 39. The average Bonchev–Trinajstić information content (AvgIpc) is 3.20. The highest BCUT2D eigenvalue weighted by Crippen LogP contribution is 2.28. The van der Waals surface area contributed by atoms with Gasteiger partial charge in [0.1, 0.15) is 0 Å². The van der Waals surface area contributed by atoms with Gasteiger partial charge in [-0.05, 0) is 113 Å². The first-order valence-electron chi connectivity index (χ1n) is 23.5. The molecule has 0 N–H and O–H groups in total. The summed E-state index contributed by atoms with van der Waals surface area (Å²) in [4.78, 5) is 5.48. The lowest BCUT2D eigenvalue weighted by Gasteiger charge is -2.22. The van der Waals surface area contributed by atoms with Crippen LogP contribution in [0, 0.1) is 0 Å². The largest absolute Gasteiger partial charge is 0.377 e.